The van der Waals surface area contributed by atoms with E-state index in [2.05, 4.69) is 5.32 Å². The Kier molecular flexibility index (Phi) is 6.25. The fraction of sp³-hybridized carbons (Fsp3) is 0.440. The molecule has 0 aromatic heterocycles. The fourth-order valence-corrected chi connectivity index (χ4v) is 5.02. The maximum Gasteiger partial charge on any atom is 0.308 e. The van der Waals surface area contributed by atoms with E-state index in [0.717, 1.165) is 24.1 Å². The maximum atomic E-state index is 14.5. The van der Waals surface area contributed by atoms with Gasteiger partial charge in [0.25, 0.3) is 5.91 Å². The van der Waals surface area contributed by atoms with Crippen LogP contribution >= 0.6 is 0 Å². The first-order valence-corrected chi connectivity index (χ1v) is 11.1. The van der Waals surface area contributed by atoms with E-state index in [1.54, 1.807) is 24.0 Å². The number of nitrogens with one attached hydrogen (secondary N) is 1. The first-order chi connectivity index (χ1) is 15.0. The lowest BCUT2D eigenvalue weighted by atomic mass is 9.84. The van der Waals surface area contributed by atoms with Gasteiger partial charge < -0.3 is 15.3 Å². The number of carbonyl (C=O) groups excluding carboxylic acids is 1. The average molecular weight is 425 g/mol. The van der Waals surface area contributed by atoms with Crippen LogP contribution in [-0.4, -0.2) is 34.5 Å². The summed E-state index contributed by atoms with van der Waals surface area (Å²) in [6.07, 6.45) is 5.87. The Labute approximate surface area is 182 Å². The molecule has 1 aliphatic heterocycles. The van der Waals surface area contributed by atoms with Crippen LogP contribution in [0.2, 0.25) is 0 Å². The zero-order valence-electron chi connectivity index (χ0n) is 17.8. The normalized spacial score (nSPS) is 21.8. The van der Waals surface area contributed by atoms with E-state index in [1.165, 1.54) is 18.9 Å². The van der Waals surface area contributed by atoms with Gasteiger partial charge in [-0.1, -0.05) is 37.1 Å². The molecule has 1 aliphatic carbocycles. The fourth-order valence-electron chi connectivity index (χ4n) is 5.02. The Morgan fingerprint density at radius 2 is 1.74 bits per heavy atom. The van der Waals surface area contributed by atoms with Crippen LogP contribution in [0.1, 0.15) is 66.1 Å². The second-order valence-corrected chi connectivity index (χ2v) is 8.71. The molecule has 0 spiro atoms. The van der Waals surface area contributed by atoms with Crippen molar-refractivity contribution in [3.05, 3.63) is 65.0 Å². The van der Waals surface area contributed by atoms with Gasteiger partial charge in [-0.15, -0.1) is 0 Å². The van der Waals surface area contributed by atoms with Crippen LogP contribution in [0.15, 0.2) is 42.5 Å². The van der Waals surface area contributed by atoms with Crippen LogP contribution in [0.3, 0.4) is 0 Å². The topological polar surface area (TPSA) is 69.6 Å². The minimum Gasteiger partial charge on any atom is -0.481 e. The van der Waals surface area contributed by atoms with Gasteiger partial charge in [0.1, 0.15) is 5.82 Å². The Morgan fingerprint density at radius 1 is 1.03 bits per heavy atom. The van der Waals surface area contributed by atoms with Crippen molar-refractivity contribution < 1.29 is 19.1 Å². The van der Waals surface area contributed by atoms with Crippen molar-refractivity contribution in [2.45, 2.75) is 57.5 Å². The number of rotatable bonds is 5. The van der Waals surface area contributed by atoms with Crippen molar-refractivity contribution >= 4 is 17.6 Å². The molecule has 0 bridgehead atoms. The average Bonchev–Trinajstić information content (AvgIpc) is 3.26. The molecule has 0 radical (unpaired) electrons. The highest BCUT2D eigenvalue weighted by Gasteiger charge is 2.40. The molecule has 1 amide bonds. The van der Waals surface area contributed by atoms with E-state index in [9.17, 15) is 19.1 Å². The molecular weight excluding hydrogens is 395 g/mol. The summed E-state index contributed by atoms with van der Waals surface area (Å²) in [5.41, 5.74) is 2.35. The Balaban J connectivity index is 1.65. The monoisotopic (exact) mass is 424 g/mol. The molecule has 2 unspecified atom stereocenters. The molecule has 2 atom stereocenters. The van der Waals surface area contributed by atoms with Crippen LogP contribution in [0.4, 0.5) is 10.1 Å². The highest BCUT2D eigenvalue weighted by Crippen LogP contribution is 2.38. The molecular formula is C25H29FN2O3. The van der Waals surface area contributed by atoms with E-state index < -0.39 is 29.7 Å². The third kappa shape index (κ3) is 4.43. The standard InChI is InChI=1S/C25H29FN2O3/c1-16-6-4-10-21(26)22(16)24(29)28-15-5-9-20(25(30)31)23(28)17-11-13-19(14-12-17)27-18-7-2-3-8-18/h4,6,10-14,18,20,23,27H,2-3,5,7-9,15H2,1H3,(H,30,31). The number of amides is 1. The molecule has 2 aliphatic rings. The summed E-state index contributed by atoms with van der Waals surface area (Å²) in [4.78, 5) is 27.0. The van der Waals surface area contributed by atoms with Gasteiger partial charge in [-0.3, -0.25) is 9.59 Å². The molecule has 1 saturated heterocycles. The van der Waals surface area contributed by atoms with Crippen molar-refractivity contribution in [3.63, 3.8) is 0 Å². The van der Waals surface area contributed by atoms with E-state index in [4.69, 9.17) is 0 Å². The minimum absolute atomic E-state index is 0.0260. The van der Waals surface area contributed by atoms with Gasteiger partial charge in [-0.2, -0.15) is 0 Å². The third-order valence-corrected chi connectivity index (χ3v) is 6.62. The van der Waals surface area contributed by atoms with Gasteiger partial charge in [0.05, 0.1) is 17.5 Å². The van der Waals surface area contributed by atoms with Crippen molar-refractivity contribution in [1.29, 1.82) is 0 Å². The predicted octanol–water partition coefficient (Wildman–Crippen LogP) is 5.17. The number of likely N-dealkylation sites (tertiary alicyclic amines) is 1. The number of hydrogen-bond acceptors (Lipinski definition) is 3. The highest BCUT2D eigenvalue weighted by molar-refractivity contribution is 5.96. The smallest absolute Gasteiger partial charge is 0.308 e. The van der Waals surface area contributed by atoms with E-state index in [-0.39, 0.29) is 5.56 Å². The number of piperidine rings is 1. The summed E-state index contributed by atoms with van der Waals surface area (Å²) in [5, 5.41) is 13.4. The Morgan fingerprint density at radius 3 is 2.39 bits per heavy atom. The number of halogens is 1. The van der Waals surface area contributed by atoms with Crippen LogP contribution in [0.5, 0.6) is 0 Å². The van der Waals surface area contributed by atoms with Crippen LogP contribution in [-0.2, 0) is 4.79 Å². The quantitative estimate of drug-likeness (QED) is 0.695. The lowest BCUT2D eigenvalue weighted by Crippen LogP contribution is -2.45. The lowest BCUT2D eigenvalue weighted by molar-refractivity contribution is -0.145. The molecule has 1 saturated carbocycles. The van der Waals surface area contributed by atoms with E-state index in [0.29, 0.717) is 31.0 Å². The molecule has 2 aromatic rings. The number of benzene rings is 2. The van der Waals surface area contributed by atoms with Gasteiger partial charge in [0, 0.05) is 18.3 Å². The number of carboxylic acids is 1. The second kappa shape index (κ2) is 9.08. The number of carboxylic acid groups (broad SMARTS) is 1. The number of carbonyl (C=O) groups is 2. The van der Waals surface area contributed by atoms with Gasteiger partial charge in [0.15, 0.2) is 0 Å². The summed E-state index contributed by atoms with van der Waals surface area (Å²) in [6, 6.07) is 12.1. The van der Waals surface area contributed by atoms with Crippen LogP contribution in [0, 0.1) is 18.7 Å². The number of nitrogens with zero attached hydrogens (tertiary/aromatic N) is 1. The molecule has 2 aromatic carbocycles. The molecule has 2 fully saturated rings. The Hall–Kier alpha value is -2.89. The second-order valence-electron chi connectivity index (χ2n) is 8.71. The predicted molar refractivity (Wildman–Crippen MR) is 118 cm³/mol. The summed E-state index contributed by atoms with van der Waals surface area (Å²) >= 11 is 0. The molecule has 5 nitrogen and oxygen atoms in total. The number of hydrogen-bond donors (Lipinski definition) is 2. The zero-order chi connectivity index (χ0) is 22.0. The number of anilines is 1. The summed E-state index contributed by atoms with van der Waals surface area (Å²) < 4.78 is 14.5. The van der Waals surface area contributed by atoms with Gasteiger partial charge in [0.2, 0.25) is 0 Å². The van der Waals surface area contributed by atoms with Crippen molar-refractivity contribution in [2.24, 2.45) is 5.92 Å². The number of aryl methyl sites for hydroxylation is 1. The zero-order valence-corrected chi connectivity index (χ0v) is 17.8. The number of aliphatic carboxylic acids is 1. The molecule has 4 rings (SSSR count). The summed E-state index contributed by atoms with van der Waals surface area (Å²) in [5.74, 6) is -2.67. The van der Waals surface area contributed by atoms with Gasteiger partial charge in [-0.25, -0.2) is 4.39 Å². The molecule has 31 heavy (non-hydrogen) atoms. The van der Waals surface area contributed by atoms with Crippen molar-refractivity contribution in [3.8, 4) is 0 Å². The highest BCUT2D eigenvalue weighted by atomic mass is 19.1. The molecule has 1 heterocycles. The van der Waals surface area contributed by atoms with Crippen molar-refractivity contribution in [2.75, 3.05) is 11.9 Å². The van der Waals surface area contributed by atoms with E-state index in [1.807, 2.05) is 24.3 Å². The molecule has 164 valence electrons. The lowest BCUT2D eigenvalue weighted by Gasteiger charge is -2.40. The largest absolute Gasteiger partial charge is 0.481 e. The van der Waals surface area contributed by atoms with E-state index >= 15 is 0 Å². The SMILES string of the molecule is Cc1cccc(F)c1C(=O)N1CCCC(C(=O)O)C1c1ccc(NC2CCCC2)cc1. The first-order valence-electron chi connectivity index (χ1n) is 11.1. The minimum atomic E-state index is -0.930. The molecule has 2 N–H and O–H groups in total. The van der Waals surface area contributed by atoms with Gasteiger partial charge >= 0.3 is 5.97 Å². The van der Waals surface area contributed by atoms with Crippen LogP contribution in [0.25, 0.3) is 0 Å². The van der Waals surface area contributed by atoms with Crippen LogP contribution < -0.4 is 5.32 Å². The molecule has 6 heteroatoms. The maximum absolute atomic E-state index is 14.5. The van der Waals surface area contributed by atoms with Crippen molar-refractivity contribution in [1.82, 2.24) is 4.90 Å². The summed E-state index contributed by atoms with van der Waals surface area (Å²) in [6.45, 7) is 2.11. The van der Waals surface area contributed by atoms with Gasteiger partial charge in [-0.05, 0) is 61.9 Å². The first kappa shape index (κ1) is 21.3. The summed E-state index contributed by atoms with van der Waals surface area (Å²) in [7, 11) is 0. The Bertz CT molecular complexity index is 933. The third-order valence-electron chi connectivity index (χ3n) is 6.62.